The summed E-state index contributed by atoms with van der Waals surface area (Å²) in [6, 6.07) is 16.2. The van der Waals surface area contributed by atoms with Crippen molar-refractivity contribution in [1.29, 1.82) is 0 Å². The van der Waals surface area contributed by atoms with E-state index in [1.54, 1.807) is 36.4 Å². The Morgan fingerprint density at radius 2 is 1.64 bits per heavy atom. The fourth-order valence-corrected chi connectivity index (χ4v) is 2.29. The molecule has 2 aromatic carbocycles. The van der Waals surface area contributed by atoms with Crippen LogP contribution in [0.1, 0.15) is 46.0 Å². The first-order valence-electron chi connectivity index (χ1n) is 7.49. The molecule has 0 amide bonds. The van der Waals surface area contributed by atoms with Crippen molar-refractivity contribution in [2.24, 2.45) is 0 Å². The molecule has 114 valence electrons. The third-order valence-corrected chi connectivity index (χ3v) is 3.52. The number of ether oxygens (including phenoxy) is 1. The first kappa shape index (κ1) is 16.0. The third-order valence-electron chi connectivity index (χ3n) is 3.52. The van der Waals surface area contributed by atoms with Gasteiger partial charge < -0.3 is 4.74 Å². The molecular weight excluding hydrogens is 276 g/mol. The van der Waals surface area contributed by atoms with Crippen molar-refractivity contribution in [2.45, 2.75) is 32.8 Å². The van der Waals surface area contributed by atoms with Crippen LogP contribution in [-0.2, 0) is 4.74 Å². The van der Waals surface area contributed by atoms with E-state index in [0.717, 1.165) is 12.0 Å². The maximum atomic E-state index is 12.5. The lowest BCUT2D eigenvalue weighted by Crippen LogP contribution is -2.27. The fraction of sp³-hybridized carbons (Fsp3) is 0.263. The van der Waals surface area contributed by atoms with Gasteiger partial charge in [0.25, 0.3) is 0 Å². The maximum Gasteiger partial charge on any atom is 0.339 e. The van der Waals surface area contributed by atoms with Gasteiger partial charge in [-0.15, -0.1) is 0 Å². The second kappa shape index (κ2) is 7.55. The molecule has 0 N–H and O–H groups in total. The SMILES string of the molecule is CCCC(OC(=O)c1ccccc1C)C(=O)c1ccccc1. The van der Waals surface area contributed by atoms with E-state index < -0.39 is 12.1 Å². The summed E-state index contributed by atoms with van der Waals surface area (Å²) in [4.78, 5) is 24.8. The summed E-state index contributed by atoms with van der Waals surface area (Å²) >= 11 is 0. The molecule has 0 saturated carbocycles. The van der Waals surface area contributed by atoms with Crippen molar-refractivity contribution < 1.29 is 14.3 Å². The molecule has 0 heterocycles. The van der Waals surface area contributed by atoms with Crippen LogP contribution in [0, 0.1) is 6.92 Å². The minimum Gasteiger partial charge on any atom is -0.450 e. The van der Waals surface area contributed by atoms with E-state index in [-0.39, 0.29) is 5.78 Å². The standard InChI is InChI=1S/C19H20O3/c1-3-9-17(18(20)15-11-5-4-6-12-15)22-19(21)16-13-8-7-10-14(16)2/h4-8,10-13,17H,3,9H2,1-2H3. The van der Waals surface area contributed by atoms with Crippen LogP contribution in [0.3, 0.4) is 0 Å². The largest absolute Gasteiger partial charge is 0.450 e. The maximum absolute atomic E-state index is 12.5. The second-order valence-electron chi connectivity index (χ2n) is 5.23. The number of hydrogen-bond acceptors (Lipinski definition) is 3. The second-order valence-corrected chi connectivity index (χ2v) is 5.23. The van der Waals surface area contributed by atoms with E-state index >= 15 is 0 Å². The van der Waals surface area contributed by atoms with Gasteiger partial charge in [-0.3, -0.25) is 4.79 Å². The molecule has 0 saturated heterocycles. The minimum absolute atomic E-state index is 0.149. The van der Waals surface area contributed by atoms with E-state index in [2.05, 4.69) is 0 Å². The quantitative estimate of drug-likeness (QED) is 0.592. The van der Waals surface area contributed by atoms with Crippen molar-refractivity contribution in [3.8, 4) is 0 Å². The number of ketones is 1. The number of esters is 1. The minimum atomic E-state index is -0.737. The van der Waals surface area contributed by atoms with Crippen LogP contribution in [0.2, 0.25) is 0 Å². The smallest absolute Gasteiger partial charge is 0.339 e. The van der Waals surface area contributed by atoms with Gasteiger partial charge in [0.05, 0.1) is 5.56 Å². The number of carbonyl (C=O) groups is 2. The highest BCUT2D eigenvalue weighted by Gasteiger charge is 2.24. The molecule has 2 aromatic rings. The van der Waals surface area contributed by atoms with Gasteiger partial charge in [0.1, 0.15) is 0 Å². The summed E-state index contributed by atoms with van der Waals surface area (Å²) in [5.41, 5.74) is 1.91. The van der Waals surface area contributed by atoms with E-state index in [1.165, 1.54) is 0 Å². The van der Waals surface area contributed by atoms with E-state index in [1.807, 2.05) is 32.0 Å². The Morgan fingerprint density at radius 3 is 2.27 bits per heavy atom. The van der Waals surface area contributed by atoms with Crippen molar-refractivity contribution in [3.05, 3.63) is 71.3 Å². The van der Waals surface area contributed by atoms with Gasteiger partial charge in [-0.1, -0.05) is 61.9 Å². The highest BCUT2D eigenvalue weighted by molar-refractivity contribution is 6.01. The summed E-state index contributed by atoms with van der Waals surface area (Å²) in [6.07, 6.45) is 0.551. The highest BCUT2D eigenvalue weighted by atomic mass is 16.5. The Labute approximate surface area is 130 Å². The van der Waals surface area contributed by atoms with Gasteiger partial charge >= 0.3 is 5.97 Å². The lowest BCUT2D eigenvalue weighted by atomic mass is 10.0. The summed E-state index contributed by atoms with van der Waals surface area (Å²) < 4.78 is 5.49. The monoisotopic (exact) mass is 296 g/mol. The first-order chi connectivity index (χ1) is 10.6. The lowest BCUT2D eigenvalue weighted by molar-refractivity contribution is 0.0265. The molecule has 0 bridgehead atoms. The summed E-state index contributed by atoms with van der Waals surface area (Å²) in [6.45, 7) is 3.82. The van der Waals surface area contributed by atoms with E-state index in [4.69, 9.17) is 4.74 Å². The topological polar surface area (TPSA) is 43.4 Å². The van der Waals surface area contributed by atoms with Gasteiger partial charge in [-0.25, -0.2) is 4.79 Å². The average Bonchev–Trinajstić information content (AvgIpc) is 2.55. The van der Waals surface area contributed by atoms with Crippen LogP contribution in [0.4, 0.5) is 0 Å². The molecule has 0 spiro atoms. The number of rotatable bonds is 6. The Balaban J connectivity index is 2.17. The predicted molar refractivity (Wildman–Crippen MR) is 86.1 cm³/mol. The summed E-state index contributed by atoms with van der Waals surface area (Å²) in [5, 5.41) is 0. The molecule has 0 aromatic heterocycles. The van der Waals surface area contributed by atoms with E-state index in [9.17, 15) is 9.59 Å². The molecule has 0 radical (unpaired) electrons. The molecule has 1 unspecified atom stereocenters. The molecule has 3 heteroatoms. The van der Waals surface area contributed by atoms with Gasteiger partial charge in [0.2, 0.25) is 5.78 Å². The van der Waals surface area contributed by atoms with Crippen molar-refractivity contribution >= 4 is 11.8 Å². The number of carbonyl (C=O) groups excluding carboxylic acids is 2. The van der Waals surface area contributed by atoms with Crippen molar-refractivity contribution in [2.75, 3.05) is 0 Å². The Morgan fingerprint density at radius 1 is 1.00 bits per heavy atom. The summed E-state index contributed by atoms with van der Waals surface area (Å²) in [7, 11) is 0. The molecule has 0 aliphatic heterocycles. The number of Topliss-reactive ketones (excluding diaryl/α,β-unsaturated/α-hetero) is 1. The van der Waals surface area contributed by atoms with Crippen molar-refractivity contribution in [3.63, 3.8) is 0 Å². The van der Waals surface area contributed by atoms with Crippen LogP contribution >= 0.6 is 0 Å². The fourth-order valence-electron chi connectivity index (χ4n) is 2.29. The van der Waals surface area contributed by atoms with Crippen LogP contribution in [0.25, 0.3) is 0 Å². The van der Waals surface area contributed by atoms with Gasteiger partial charge in [-0.05, 0) is 25.0 Å². The third kappa shape index (κ3) is 3.82. The zero-order valence-electron chi connectivity index (χ0n) is 12.9. The number of aryl methyl sites for hydroxylation is 1. The normalized spacial score (nSPS) is 11.7. The first-order valence-corrected chi connectivity index (χ1v) is 7.49. The highest BCUT2D eigenvalue weighted by Crippen LogP contribution is 2.15. The molecule has 0 aliphatic carbocycles. The summed E-state index contributed by atoms with van der Waals surface area (Å²) in [5.74, 6) is -0.592. The zero-order chi connectivity index (χ0) is 15.9. The molecule has 2 rings (SSSR count). The van der Waals surface area contributed by atoms with Gasteiger partial charge in [0, 0.05) is 5.56 Å². The molecule has 22 heavy (non-hydrogen) atoms. The zero-order valence-corrected chi connectivity index (χ0v) is 12.9. The molecule has 0 aliphatic rings. The van der Waals surface area contributed by atoms with Crippen LogP contribution in [0.5, 0.6) is 0 Å². The van der Waals surface area contributed by atoms with Gasteiger partial charge in [-0.2, -0.15) is 0 Å². The number of hydrogen-bond donors (Lipinski definition) is 0. The van der Waals surface area contributed by atoms with Gasteiger partial charge in [0.15, 0.2) is 6.10 Å². The Bertz CT molecular complexity index is 647. The van der Waals surface area contributed by atoms with Crippen LogP contribution in [-0.4, -0.2) is 17.9 Å². The predicted octanol–water partition coefficient (Wildman–Crippen LogP) is 4.20. The molecule has 0 fully saturated rings. The Hall–Kier alpha value is -2.42. The molecular formula is C19H20O3. The Kier molecular flexibility index (Phi) is 5.48. The number of benzene rings is 2. The molecule has 3 nitrogen and oxygen atoms in total. The van der Waals surface area contributed by atoms with E-state index in [0.29, 0.717) is 17.5 Å². The van der Waals surface area contributed by atoms with Crippen LogP contribution < -0.4 is 0 Å². The average molecular weight is 296 g/mol. The lowest BCUT2D eigenvalue weighted by Gasteiger charge is -2.17. The van der Waals surface area contributed by atoms with Crippen molar-refractivity contribution in [1.82, 2.24) is 0 Å². The molecule has 1 atom stereocenters. The van der Waals surface area contributed by atoms with Crippen LogP contribution in [0.15, 0.2) is 54.6 Å².